The predicted octanol–water partition coefficient (Wildman–Crippen LogP) is 6.73. The van der Waals surface area contributed by atoms with Crippen LogP contribution in [-0.2, 0) is 0 Å². The third-order valence-corrected chi connectivity index (χ3v) is 7.23. The van der Waals surface area contributed by atoms with Crippen molar-refractivity contribution in [2.24, 2.45) is 22.7 Å². The zero-order valence-electron chi connectivity index (χ0n) is 14.1. The fourth-order valence-electron chi connectivity index (χ4n) is 5.88. The lowest BCUT2D eigenvalue weighted by atomic mass is 9.67. The molecule has 0 aromatic heterocycles. The molecular formula is C20H36. The van der Waals surface area contributed by atoms with Crippen molar-refractivity contribution in [3.8, 4) is 0 Å². The number of rotatable bonds is 0. The molecule has 4 aliphatic rings. The monoisotopic (exact) mass is 276 g/mol. The van der Waals surface area contributed by atoms with Gasteiger partial charge < -0.3 is 0 Å². The summed E-state index contributed by atoms with van der Waals surface area (Å²) in [5.74, 6) is 2.08. The van der Waals surface area contributed by atoms with Crippen LogP contribution in [0.15, 0.2) is 0 Å². The molecule has 4 aliphatic carbocycles. The molecule has 0 heteroatoms. The Kier molecular flexibility index (Phi) is 4.48. The highest BCUT2D eigenvalue weighted by atomic mass is 14.5. The van der Waals surface area contributed by atoms with Crippen LogP contribution >= 0.6 is 0 Å². The zero-order chi connectivity index (χ0) is 14.1. The first-order valence-corrected chi connectivity index (χ1v) is 9.62. The van der Waals surface area contributed by atoms with Crippen molar-refractivity contribution >= 4 is 0 Å². The van der Waals surface area contributed by atoms with Gasteiger partial charge in [-0.2, -0.15) is 0 Å². The summed E-state index contributed by atoms with van der Waals surface area (Å²) < 4.78 is 0. The van der Waals surface area contributed by atoms with Crippen LogP contribution in [0.1, 0.15) is 104 Å². The molecule has 0 nitrogen and oxygen atoms in total. The van der Waals surface area contributed by atoms with E-state index in [2.05, 4.69) is 13.8 Å². The Bertz CT molecular complexity index is 300. The molecule has 20 heavy (non-hydrogen) atoms. The summed E-state index contributed by atoms with van der Waals surface area (Å²) >= 11 is 0. The van der Waals surface area contributed by atoms with Crippen LogP contribution in [0.3, 0.4) is 0 Å². The van der Waals surface area contributed by atoms with Crippen LogP contribution in [-0.4, -0.2) is 0 Å². The summed E-state index contributed by atoms with van der Waals surface area (Å²) in [4.78, 5) is 0. The molecule has 0 aromatic carbocycles. The average Bonchev–Trinajstić information content (AvgIpc) is 2.96. The smallest absolute Gasteiger partial charge is 0.0295 e. The van der Waals surface area contributed by atoms with Crippen LogP contribution in [0, 0.1) is 22.7 Å². The summed E-state index contributed by atoms with van der Waals surface area (Å²) in [6.45, 7) is 4.84. The Labute approximate surface area is 127 Å². The van der Waals surface area contributed by atoms with Crippen molar-refractivity contribution in [3.63, 3.8) is 0 Å². The van der Waals surface area contributed by atoms with Gasteiger partial charge in [-0.3, -0.25) is 0 Å². The third kappa shape index (κ3) is 3.25. The maximum absolute atomic E-state index is 2.43. The summed E-state index contributed by atoms with van der Waals surface area (Å²) in [6, 6.07) is 0. The normalized spacial score (nSPS) is 37.5. The minimum absolute atomic E-state index is 0.845. The lowest BCUT2D eigenvalue weighted by Crippen LogP contribution is -2.25. The molecule has 0 radical (unpaired) electrons. The maximum atomic E-state index is 2.43. The Morgan fingerprint density at radius 1 is 0.550 bits per heavy atom. The highest BCUT2D eigenvalue weighted by molar-refractivity contribution is 4.93. The molecule has 4 saturated carbocycles. The Morgan fingerprint density at radius 3 is 1.30 bits per heavy atom. The standard InChI is InChI=1S/C11H20.C9H16/c1-10-5-8-11(9-10)6-3-2-4-7-11;1-8-3-6-9(7-8)4-2-5-9/h10H,2-9H2,1H3;8H,2-7H2,1H3. The van der Waals surface area contributed by atoms with E-state index in [1.807, 2.05) is 0 Å². The highest BCUT2D eigenvalue weighted by Gasteiger charge is 2.41. The maximum Gasteiger partial charge on any atom is -0.0295 e. The molecular weight excluding hydrogens is 240 g/mol. The van der Waals surface area contributed by atoms with Crippen LogP contribution in [0.4, 0.5) is 0 Å². The minimum Gasteiger partial charge on any atom is -0.0625 e. The minimum atomic E-state index is 0.845. The van der Waals surface area contributed by atoms with E-state index in [1.165, 1.54) is 38.5 Å². The lowest BCUT2D eigenvalue weighted by molar-refractivity contribution is 0.138. The van der Waals surface area contributed by atoms with E-state index >= 15 is 0 Å². The van der Waals surface area contributed by atoms with Crippen LogP contribution in [0.25, 0.3) is 0 Å². The van der Waals surface area contributed by atoms with Gasteiger partial charge in [-0.05, 0) is 74.0 Å². The van der Waals surface area contributed by atoms with Gasteiger partial charge in [0.2, 0.25) is 0 Å². The van der Waals surface area contributed by atoms with Gasteiger partial charge in [0.1, 0.15) is 0 Å². The highest BCUT2D eigenvalue weighted by Crippen LogP contribution is 2.54. The largest absolute Gasteiger partial charge is 0.0625 e. The van der Waals surface area contributed by atoms with E-state index < -0.39 is 0 Å². The molecule has 0 aromatic rings. The molecule has 2 spiro atoms. The third-order valence-electron chi connectivity index (χ3n) is 7.23. The second-order valence-corrected chi connectivity index (χ2v) is 9.11. The van der Waals surface area contributed by atoms with E-state index in [9.17, 15) is 0 Å². The van der Waals surface area contributed by atoms with Crippen molar-refractivity contribution < 1.29 is 0 Å². The van der Waals surface area contributed by atoms with Gasteiger partial charge in [-0.25, -0.2) is 0 Å². The van der Waals surface area contributed by atoms with Gasteiger partial charge in [-0.1, -0.05) is 52.4 Å². The molecule has 2 unspecified atom stereocenters. The first-order valence-electron chi connectivity index (χ1n) is 9.62. The Balaban J connectivity index is 0.000000123. The Hall–Kier alpha value is 0. The number of hydrogen-bond acceptors (Lipinski definition) is 0. The summed E-state index contributed by atoms with van der Waals surface area (Å²) in [5, 5.41) is 0. The second kappa shape index (κ2) is 6.01. The van der Waals surface area contributed by atoms with Crippen molar-refractivity contribution in [1.82, 2.24) is 0 Å². The summed E-state index contributed by atoms with van der Waals surface area (Å²) in [7, 11) is 0. The van der Waals surface area contributed by atoms with Gasteiger partial charge in [-0.15, -0.1) is 0 Å². The lowest BCUT2D eigenvalue weighted by Gasteiger charge is -2.38. The van der Waals surface area contributed by atoms with Gasteiger partial charge in [0.15, 0.2) is 0 Å². The predicted molar refractivity (Wildman–Crippen MR) is 87.8 cm³/mol. The Morgan fingerprint density at radius 2 is 1.00 bits per heavy atom. The summed E-state index contributed by atoms with van der Waals surface area (Å²) in [6.07, 6.45) is 21.5. The molecule has 116 valence electrons. The van der Waals surface area contributed by atoms with Gasteiger partial charge in [0, 0.05) is 0 Å². The molecule has 0 amide bonds. The molecule has 4 fully saturated rings. The first kappa shape index (κ1) is 14.9. The first-order chi connectivity index (χ1) is 9.62. The molecule has 2 atom stereocenters. The van der Waals surface area contributed by atoms with Gasteiger partial charge in [0.25, 0.3) is 0 Å². The average molecular weight is 277 g/mol. The molecule has 4 rings (SSSR count). The zero-order valence-corrected chi connectivity index (χ0v) is 14.1. The van der Waals surface area contributed by atoms with Crippen molar-refractivity contribution in [1.29, 1.82) is 0 Å². The molecule has 0 aliphatic heterocycles. The van der Waals surface area contributed by atoms with E-state index in [-0.39, 0.29) is 0 Å². The van der Waals surface area contributed by atoms with Gasteiger partial charge in [0.05, 0.1) is 0 Å². The molecule has 0 bridgehead atoms. The summed E-state index contributed by atoms with van der Waals surface area (Å²) in [5.41, 5.74) is 1.73. The van der Waals surface area contributed by atoms with Crippen LogP contribution < -0.4 is 0 Å². The van der Waals surface area contributed by atoms with Gasteiger partial charge >= 0.3 is 0 Å². The quantitative estimate of drug-likeness (QED) is 0.460. The van der Waals surface area contributed by atoms with Crippen molar-refractivity contribution in [2.45, 2.75) is 104 Å². The van der Waals surface area contributed by atoms with E-state index in [1.54, 1.807) is 51.4 Å². The second-order valence-electron chi connectivity index (χ2n) is 9.11. The fraction of sp³-hybridized carbons (Fsp3) is 1.00. The van der Waals surface area contributed by atoms with E-state index in [0.717, 1.165) is 22.7 Å². The van der Waals surface area contributed by atoms with Crippen LogP contribution in [0.2, 0.25) is 0 Å². The van der Waals surface area contributed by atoms with Crippen molar-refractivity contribution in [3.05, 3.63) is 0 Å². The molecule has 0 N–H and O–H groups in total. The molecule has 0 saturated heterocycles. The number of hydrogen-bond donors (Lipinski definition) is 0. The SMILES string of the molecule is CC1CCC2(CCC2)C1.CC1CCC2(CCCCC2)C1. The van der Waals surface area contributed by atoms with Crippen LogP contribution in [0.5, 0.6) is 0 Å². The van der Waals surface area contributed by atoms with E-state index in [0.29, 0.717) is 0 Å². The topological polar surface area (TPSA) is 0 Å². The van der Waals surface area contributed by atoms with E-state index in [4.69, 9.17) is 0 Å². The molecule has 0 heterocycles. The van der Waals surface area contributed by atoms with Crippen molar-refractivity contribution in [2.75, 3.05) is 0 Å². The fourth-order valence-corrected chi connectivity index (χ4v) is 5.88.